The van der Waals surface area contributed by atoms with Crippen LogP contribution in [0.4, 0.5) is 0 Å². The van der Waals surface area contributed by atoms with Crippen LogP contribution in [0.15, 0.2) is 41.3 Å². The van der Waals surface area contributed by atoms with Crippen LogP contribution in [0.25, 0.3) is 5.69 Å². The molecule has 0 saturated heterocycles. The number of hydrogen-bond acceptors (Lipinski definition) is 2. The van der Waals surface area contributed by atoms with Crippen molar-refractivity contribution in [2.75, 3.05) is 0 Å². The van der Waals surface area contributed by atoms with Gasteiger partial charge in [0.1, 0.15) is 0 Å². The first-order valence-corrected chi connectivity index (χ1v) is 5.64. The Balaban J connectivity index is 2.53. The van der Waals surface area contributed by atoms with Gasteiger partial charge in [0.15, 0.2) is 5.75 Å². The SMILES string of the molecule is CCc1ccc(-n2ccc(=O)c(O)c2C)cc1. The number of aryl methyl sites for hydroxylation is 1. The first-order chi connectivity index (χ1) is 8.13. The largest absolute Gasteiger partial charge is 0.503 e. The summed E-state index contributed by atoms with van der Waals surface area (Å²) in [7, 11) is 0. The number of pyridine rings is 1. The molecular formula is C14H15NO2. The van der Waals surface area contributed by atoms with Gasteiger partial charge >= 0.3 is 0 Å². The number of aromatic nitrogens is 1. The van der Waals surface area contributed by atoms with Gasteiger partial charge in [-0.05, 0) is 31.0 Å². The summed E-state index contributed by atoms with van der Waals surface area (Å²) in [4.78, 5) is 11.3. The second-order valence-electron chi connectivity index (χ2n) is 4.00. The van der Waals surface area contributed by atoms with Crippen molar-refractivity contribution in [2.45, 2.75) is 20.3 Å². The van der Waals surface area contributed by atoms with Crippen molar-refractivity contribution in [3.63, 3.8) is 0 Å². The maximum Gasteiger partial charge on any atom is 0.223 e. The first-order valence-electron chi connectivity index (χ1n) is 5.64. The smallest absolute Gasteiger partial charge is 0.223 e. The standard InChI is InChI=1S/C14H15NO2/c1-3-11-4-6-12(7-5-11)15-9-8-13(16)14(17)10(15)2/h4-9,17H,3H2,1-2H3. The Morgan fingerprint density at radius 2 is 1.82 bits per heavy atom. The number of hydrogen-bond donors (Lipinski definition) is 1. The fourth-order valence-corrected chi connectivity index (χ4v) is 1.80. The normalized spacial score (nSPS) is 10.5. The topological polar surface area (TPSA) is 42.2 Å². The summed E-state index contributed by atoms with van der Waals surface area (Å²) in [6.45, 7) is 3.83. The molecule has 0 aliphatic heterocycles. The van der Waals surface area contributed by atoms with E-state index in [1.807, 2.05) is 24.3 Å². The van der Waals surface area contributed by atoms with Crippen molar-refractivity contribution >= 4 is 0 Å². The minimum atomic E-state index is -0.344. The molecule has 0 aliphatic carbocycles. The second kappa shape index (κ2) is 4.45. The third kappa shape index (κ3) is 2.09. The molecule has 1 aromatic heterocycles. The molecule has 0 bridgehead atoms. The highest BCUT2D eigenvalue weighted by molar-refractivity contribution is 5.39. The van der Waals surface area contributed by atoms with E-state index in [0.29, 0.717) is 5.69 Å². The summed E-state index contributed by atoms with van der Waals surface area (Å²) in [5, 5.41) is 9.62. The average molecular weight is 229 g/mol. The lowest BCUT2D eigenvalue weighted by Crippen LogP contribution is -2.08. The van der Waals surface area contributed by atoms with Gasteiger partial charge in [0, 0.05) is 18.0 Å². The molecule has 0 saturated carbocycles. The Bertz CT molecular complexity index is 582. The van der Waals surface area contributed by atoms with E-state index in [-0.39, 0.29) is 11.2 Å². The van der Waals surface area contributed by atoms with Crippen LogP contribution >= 0.6 is 0 Å². The fourth-order valence-electron chi connectivity index (χ4n) is 1.80. The molecule has 0 unspecified atom stereocenters. The lowest BCUT2D eigenvalue weighted by molar-refractivity contribution is 0.459. The zero-order valence-corrected chi connectivity index (χ0v) is 9.97. The lowest BCUT2D eigenvalue weighted by Gasteiger charge is -2.11. The van der Waals surface area contributed by atoms with Crippen LogP contribution in [-0.2, 0) is 6.42 Å². The quantitative estimate of drug-likeness (QED) is 0.859. The summed E-state index contributed by atoms with van der Waals surface area (Å²) < 4.78 is 1.80. The zero-order chi connectivity index (χ0) is 12.4. The molecule has 0 amide bonds. The van der Waals surface area contributed by atoms with Crippen molar-refractivity contribution < 1.29 is 5.11 Å². The third-order valence-electron chi connectivity index (χ3n) is 2.94. The van der Waals surface area contributed by atoms with E-state index in [1.54, 1.807) is 17.7 Å². The summed E-state index contributed by atoms with van der Waals surface area (Å²) in [6, 6.07) is 9.43. The average Bonchev–Trinajstić information content (AvgIpc) is 2.36. The highest BCUT2D eigenvalue weighted by Crippen LogP contribution is 2.16. The monoisotopic (exact) mass is 229 g/mol. The van der Waals surface area contributed by atoms with E-state index in [0.717, 1.165) is 12.1 Å². The summed E-state index contributed by atoms with van der Waals surface area (Å²) in [5.41, 5.74) is 2.41. The highest BCUT2D eigenvalue weighted by Gasteiger charge is 2.06. The molecule has 88 valence electrons. The molecule has 0 radical (unpaired) electrons. The van der Waals surface area contributed by atoms with Crippen LogP contribution in [0.5, 0.6) is 5.75 Å². The molecule has 3 nitrogen and oxygen atoms in total. The molecule has 0 atom stereocenters. The molecule has 17 heavy (non-hydrogen) atoms. The molecule has 3 heteroatoms. The Morgan fingerprint density at radius 3 is 2.41 bits per heavy atom. The van der Waals surface area contributed by atoms with E-state index in [4.69, 9.17) is 0 Å². The van der Waals surface area contributed by atoms with Gasteiger partial charge in [-0.1, -0.05) is 19.1 Å². The maximum absolute atomic E-state index is 11.3. The van der Waals surface area contributed by atoms with Gasteiger partial charge in [-0.2, -0.15) is 0 Å². The molecule has 0 aliphatic rings. The molecule has 1 aromatic carbocycles. The molecule has 0 spiro atoms. The fraction of sp³-hybridized carbons (Fsp3) is 0.214. The van der Waals surface area contributed by atoms with Gasteiger partial charge < -0.3 is 9.67 Å². The number of rotatable bonds is 2. The molecule has 0 fully saturated rings. The van der Waals surface area contributed by atoms with Crippen molar-refractivity contribution in [3.05, 3.63) is 58.0 Å². The number of nitrogens with zero attached hydrogens (tertiary/aromatic N) is 1. The Morgan fingerprint density at radius 1 is 1.18 bits per heavy atom. The predicted molar refractivity (Wildman–Crippen MR) is 67.8 cm³/mol. The van der Waals surface area contributed by atoms with Gasteiger partial charge in [0.05, 0.1) is 5.69 Å². The predicted octanol–water partition coefficient (Wildman–Crippen LogP) is 2.41. The summed E-state index contributed by atoms with van der Waals surface area (Å²) in [6.07, 6.45) is 2.67. The van der Waals surface area contributed by atoms with Gasteiger partial charge in [-0.15, -0.1) is 0 Å². The van der Waals surface area contributed by atoms with Crippen LogP contribution in [0.2, 0.25) is 0 Å². The van der Waals surface area contributed by atoms with Crippen LogP contribution in [0.1, 0.15) is 18.2 Å². The first kappa shape index (κ1) is 11.5. The van der Waals surface area contributed by atoms with E-state index >= 15 is 0 Å². The van der Waals surface area contributed by atoms with Crippen molar-refractivity contribution in [1.82, 2.24) is 4.57 Å². The van der Waals surface area contributed by atoms with Crippen molar-refractivity contribution in [1.29, 1.82) is 0 Å². The second-order valence-corrected chi connectivity index (χ2v) is 4.00. The van der Waals surface area contributed by atoms with Gasteiger partial charge in [-0.3, -0.25) is 4.79 Å². The summed E-state index contributed by atoms with van der Waals surface area (Å²) >= 11 is 0. The zero-order valence-electron chi connectivity index (χ0n) is 9.97. The van der Waals surface area contributed by atoms with Gasteiger partial charge in [0.2, 0.25) is 5.43 Å². The molecule has 1 N–H and O–H groups in total. The lowest BCUT2D eigenvalue weighted by atomic mass is 10.1. The molecule has 1 heterocycles. The van der Waals surface area contributed by atoms with E-state index in [9.17, 15) is 9.90 Å². The molecule has 2 aromatic rings. The van der Waals surface area contributed by atoms with Crippen molar-refractivity contribution in [2.24, 2.45) is 0 Å². The maximum atomic E-state index is 11.3. The third-order valence-corrected chi connectivity index (χ3v) is 2.94. The van der Waals surface area contributed by atoms with Gasteiger partial charge in [0.25, 0.3) is 0 Å². The molecule has 2 rings (SSSR count). The van der Waals surface area contributed by atoms with Crippen LogP contribution in [0.3, 0.4) is 0 Å². The Hall–Kier alpha value is -2.03. The van der Waals surface area contributed by atoms with E-state index < -0.39 is 0 Å². The number of aromatic hydroxyl groups is 1. The van der Waals surface area contributed by atoms with Crippen LogP contribution < -0.4 is 5.43 Å². The minimum Gasteiger partial charge on any atom is -0.503 e. The Kier molecular flexibility index (Phi) is 3.00. The highest BCUT2D eigenvalue weighted by atomic mass is 16.3. The van der Waals surface area contributed by atoms with Crippen molar-refractivity contribution in [3.8, 4) is 11.4 Å². The van der Waals surface area contributed by atoms with Crippen LogP contribution in [0, 0.1) is 6.92 Å². The Labute approximate surface area is 100.0 Å². The van der Waals surface area contributed by atoms with Gasteiger partial charge in [-0.25, -0.2) is 0 Å². The number of benzene rings is 1. The summed E-state index contributed by atoms with van der Waals surface area (Å²) in [5.74, 6) is -0.188. The van der Waals surface area contributed by atoms with E-state index in [1.165, 1.54) is 11.6 Å². The van der Waals surface area contributed by atoms with Crippen LogP contribution in [-0.4, -0.2) is 9.67 Å². The van der Waals surface area contributed by atoms with E-state index in [2.05, 4.69) is 6.92 Å². The molecular weight excluding hydrogens is 214 g/mol. The minimum absolute atomic E-state index is 0.188.